The van der Waals surface area contributed by atoms with E-state index in [2.05, 4.69) is 5.32 Å². The molecule has 2 aromatic rings. The molecule has 0 saturated heterocycles. The predicted molar refractivity (Wildman–Crippen MR) is 71.7 cm³/mol. The monoisotopic (exact) mass is 296 g/mol. The van der Waals surface area contributed by atoms with Gasteiger partial charge in [0, 0.05) is 11.6 Å². The summed E-state index contributed by atoms with van der Waals surface area (Å²) >= 11 is 0. The second-order valence-electron chi connectivity index (χ2n) is 4.68. The highest BCUT2D eigenvalue weighted by atomic mass is 19.1. The van der Waals surface area contributed by atoms with E-state index in [1.54, 1.807) is 6.92 Å². The first kappa shape index (κ1) is 15.1. The smallest absolute Gasteiger partial charge is 0.404 e. The summed E-state index contributed by atoms with van der Waals surface area (Å²) in [5.74, 6) is -1.11. The molecule has 5 nitrogen and oxygen atoms in total. The van der Waals surface area contributed by atoms with E-state index in [4.69, 9.17) is 4.42 Å². The first-order valence-electron chi connectivity index (χ1n) is 6.36. The van der Waals surface area contributed by atoms with Crippen LogP contribution in [0.5, 0.6) is 0 Å². The first-order chi connectivity index (χ1) is 9.97. The summed E-state index contributed by atoms with van der Waals surface area (Å²) in [5, 5.41) is 13.5. The highest BCUT2D eigenvalue weighted by molar-refractivity contribution is 5.21. The van der Waals surface area contributed by atoms with Crippen molar-refractivity contribution in [2.75, 3.05) is 0 Å². The Balaban J connectivity index is 1.92. The Labute approximate surface area is 119 Å². The summed E-state index contributed by atoms with van der Waals surface area (Å²) in [5.41, 5.74) is 0.0166. The Morgan fingerprint density at radius 1 is 1.29 bits per heavy atom. The number of nitrogens with zero attached hydrogens (tertiary/aromatic N) is 1. The lowest BCUT2D eigenvalue weighted by atomic mass is 10.1. The van der Waals surface area contributed by atoms with Gasteiger partial charge in [-0.05, 0) is 31.5 Å². The maximum Gasteiger partial charge on any atom is 0.433 e. The van der Waals surface area contributed by atoms with E-state index in [1.165, 1.54) is 30.3 Å². The topological polar surface area (TPSA) is 68.3 Å². The van der Waals surface area contributed by atoms with Gasteiger partial charge in [0.25, 0.3) is 0 Å². The minimum Gasteiger partial charge on any atom is -0.404 e. The van der Waals surface area contributed by atoms with Crippen LogP contribution in [-0.4, -0.2) is 11.0 Å². The van der Waals surface area contributed by atoms with E-state index in [-0.39, 0.29) is 30.5 Å². The second-order valence-corrected chi connectivity index (χ2v) is 4.68. The van der Waals surface area contributed by atoms with Gasteiger partial charge in [0.05, 0.1) is 12.6 Å². The molecule has 0 amide bonds. The molecule has 0 aliphatic rings. The number of halogens is 2. The average molecular weight is 296 g/mol. The van der Waals surface area contributed by atoms with Crippen LogP contribution in [0.1, 0.15) is 18.2 Å². The lowest BCUT2D eigenvalue weighted by molar-refractivity contribution is -0.402. The van der Waals surface area contributed by atoms with Crippen LogP contribution < -0.4 is 5.32 Å². The minimum absolute atomic E-state index is 0.0166. The molecule has 1 heterocycles. The van der Waals surface area contributed by atoms with Gasteiger partial charge in [-0.3, -0.25) is 10.1 Å². The number of rotatable bonds is 6. The molecule has 0 spiro atoms. The molecular weight excluding hydrogens is 282 g/mol. The van der Waals surface area contributed by atoms with Crippen molar-refractivity contribution in [2.24, 2.45) is 0 Å². The number of hydrogen-bond donors (Lipinski definition) is 1. The Bertz CT molecular complexity index is 623. The summed E-state index contributed by atoms with van der Waals surface area (Å²) in [6.45, 7) is 2.01. The van der Waals surface area contributed by atoms with Crippen molar-refractivity contribution in [1.29, 1.82) is 0 Å². The molecular formula is C14H14F2N2O3. The summed E-state index contributed by atoms with van der Waals surface area (Å²) in [7, 11) is 0. The largest absolute Gasteiger partial charge is 0.433 e. The third-order valence-electron chi connectivity index (χ3n) is 3.02. The zero-order valence-electron chi connectivity index (χ0n) is 11.3. The quantitative estimate of drug-likeness (QED) is 0.656. The van der Waals surface area contributed by atoms with Gasteiger partial charge in [0.1, 0.15) is 22.3 Å². The van der Waals surface area contributed by atoms with E-state index < -0.39 is 16.6 Å². The van der Waals surface area contributed by atoms with Crippen LogP contribution in [0.15, 0.2) is 34.7 Å². The number of nitro groups is 1. The van der Waals surface area contributed by atoms with E-state index >= 15 is 0 Å². The lowest BCUT2D eigenvalue weighted by Gasteiger charge is -2.13. The van der Waals surface area contributed by atoms with Gasteiger partial charge < -0.3 is 9.73 Å². The lowest BCUT2D eigenvalue weighted by Crippen LogP contribution is -2.28. The summed E-state index contributed by atoms with van der Waals surface area (Å²) in [4.78, 5) is 9.85. The third-order valence-corrected chi connectivity index (χ3v) is 3.02. The molecule has 1 atom stereocenters. The average Bonchev–Trinajstić information content (AvgIpc) is 2.90. The molecule has 112 valence electrons. The maximum absolute atomic E-state index is 13.5. The maximum atomic E-state index is 13.5. The Hall–Kier alpha value is -2.28. The Kier molecular flexibility index (Phi) is 4.64. The van der Waals surface area contributed by atoms with Gasteiger partial charge in [0.15, 0.2) is 0 Å². The number of furan rings is 1. The van der Waals surface area contributed by atoms with E-state index in [1.807, 2.05) is 0 Å². The Morgan fingerprint density at radius 2 is 1.95 bits per heavy atom. The molecule has 0 aliphatic heterocycles. The fourth-order valence-corrected chi connectivity index (χ4v) is 1.94. The van der Waals surface area contributed by atoms with E-state index in [9.17, 15) is 18.9 Å². The van der Waals surface area contributed by atoms with Crippen molar-refractivity contribution < 1.29 is 18.1 Å². The molecule has 0 saturated carbocycles. The van der Waals surface area contributed by atoms with Crippen LogP contribution in [0.4, 0.5) is 14.7 Å². The van der Waals surface area contributed by atoms with E-state index in [0.717, 1.165) is 0 Å². The van der Waals surface area contributed by atoms with Crippen molar-refractivity contribution >= 4 is 5.88 Å². The van der Waals surface area contributed by atoms with Crippen molar-refractivity contribution in [3.63, 3.8) is 0 Å². The predicted octanol–water partition coefficient (Wildman–Crippen LogP) is 3.19. The summed E-state index contributed by atoms with van der Waals surface area (Å²) < 4.78 is 32.0. The van der Waals surface area contributed by atoms with Crippen molar-refractivity contribution in [1.82, 2.24) is 5.32 Å². The van der Waals surface area contributed by atoms with Crippen LogP contribution in [0, 0.1) is 21.7 Å². The third kappa shape index (κ3) is 3.85. The minimum atomic E-state index is -0.623. The van der Waals surface area contributed by atoms with Gasteiger partial charge in [-0.1, -0.05) is 6.07 Å². The van der Waals surface area contributed by atoms with Gasteiger partial charge in [-0.2, -0.15) is 0 Å². The fraction of sp³-hybridized carbons (Fsp3) is 0.286. The standard InChI is InChI=1S/C14H14F2N2O3/c1-9(7-11-12(15)3-2-4-13(11)16)17-8-10-5-6-14(21-10)18(19)20/h2-6,9,17H,7-8H2,1H3. The molecule has 0 aliphatic carbocycles. The molecule has 21 heavy (non-hydrogen) atoms. The van der Waals surface area contributed by atoms with Crippen LogP contribution in [0.2, 0.25) is 0 Å². The second kappa shape index (κ2) is 6.45. The van der Waals surface area contributed by atoms with Crippen molar-refractivity contribution in [2.45, 2.75) is 25.9 Å². The van der Waals surface area contributed by atoms with E-state index in [0.29, 0.717) is 5.76 Å². The molecule has 1 aromatic heterocycles. The van der Waals surface area contributed by atoms with Gasteiger partial charge in [-0.15, -0.1) is 0 Å². The molecule has 2 rings (SSSR count). The zero-order chi connectivity index (χ0) is 15.4. The van der Waals surface area contributed by atoms with Crippen LogP contribution in [0.3, 0.4) is 0 Å². The molecule has 1 N–H and O–H groups in total. The molecule has 1 aromatic carbocycles. The number of nitrogens with one attached hydrogen (secondary N) is 1. The Morgan fingerprint density at radius 3 is 2.52 bits per heavy atom. The highest BCUT2D eigenvalue weighted by Gasteiger charge is 2.14. The van der Waals surface area contributed by atoms with Gasteiger partial charge in [-0.25, -0.2) is 8.78 Å². The SMILES string of the molecule is CC(Cc1c(F)cccc1F)NCc1ccc([N+](=O)[O-])o1. The fourth-order valence-electron chi connectivity index (χ4n) is 1.94. The highest BCUT2D eigenvalue weighted by Crippen LogP contribution is 2.17. The van der Waals surface area contributed by atoms with Crippen LogP contribution in [-0.2, 0) is 13.0 Å². The van der Waals surface area contributed by atoms with Crippen LogP contribution >= 0.6 is 0 Å². The first-order valence-corrected chi connectivity index (χ1v) is 6.36. The number of benzene rings is 1. The van der Waals surface area contributed by atoms with Crippen molar-refractivity contribution in [3.8, 4) is 0 Å². The molecule has 1 unspecified atom stereocenters. The summed E-state index contributed by atoms with van der Waals surface area (Å²) in [6.07, 6.45) is 0.168. The molecule has 0 fully saturated rings. The summed E-state index contributed by atoms with van der Waals surface area (Å²) in [6, 6.07) is 6.26. The van der Waals surface area contributed by atoms with Gasteiger partial charge in [0.2, 0.25) is 0 Å². The molecule has 0 radical (unpaired) electrons. The molecule has 0 bridgehead atoms. The van der Waals surface area contributed by atoms with Crippen LogP contribution in [0.25, 0.3) is 0 Å². The normalized spacial score (nSPS) is 12.3. The van der Waals surface area contributed by atoms with Crippen molar-refractivity contribution in [3.05, 3.63) is 63.4 Å². The molecule has 7 heteroatoms. The number of hydrogen-bond acceptors (Lipinski definition) is 4. The zero-order valence-corrected chi connectivity index (χ0v) is 11.3. The van der Waals surface area contributed by atoms with Gasteiger partial charge >= 0.3 is 5.88 Å².